The number of hydrogen-bond donors (Lipinski definition) is 1. The number of aromatic nitrogens is 1. The molecule has 0 aromatic carbocycles. The van der Waals surface area contributed by atoms with Gasteiger partial charge in [0.25, 0.3) is 0 Å². The molecule has 1 N–H and O–H groups in total. The molecule has 1 aromatic rings. The van der Waals surface area contributed by atoms with Crippen LogP contribution in [0.4, 0.5) is 0 Å². The lowest BCUT2D eigenvalue weighted by Gasteiger charge is -2.33. The molecule has 0 radical (unpaired) electrons. The molecule has 2 heterocycles. The average molecular weight is 279 g/mol. The lowest BCUT2D eigenvalue weighted by atomic mass is 10.1. The Labute approximate surface area is 120 Å². The molecule has 0 amide bonds. The van der Waals surface area contributed by atoms with Crippen LogP contribution in [0.2, 0.25) is 0 Å². The number of hydrogen-bond acceptors (Lipinski definition) is 4. The Kier molecular flexibility index (Phi) is 4.51. The fourth-order valence-corrected chi connectivity index (χ4v) is 4.65. The first-order valence-corrected chi connectivity index (χ1v) is 8.63. The summed E-state index contributed by atoms with van der Waals surface area (Å²) in [6.45, 7) is 6.90. The molecule has 1 aromatic heterocycles. The zero-order valence-corrected chi connectivity index (χ0v) is 12.8. The van der Waals surface area contributed by atoms with E-state index in [2.05, 4.69) is 17.1 Å². The van der Waals surface area contributed by atoms with Gasteiger partial charge in [0.05, 0.1) is 11.7 Å². The molecule has 2 aliphatic rings. The topological polar surface area (TPSA) is 28.2 Å². The Balaban J connectivity index is 1.79. The van der Waals surface area contributed by atoms with Crippen molar-refractivity contribution in [3.05, 3.63) is 15.6 Å². The van der Waals surface area contributed by atoms with Gasteiger partial charge in [-0.1, -0.05) is 13.3 Å². The first-order valence-electron chi connectivity index (χ1n) is 7.81. The largest absolute Gasteiger partial charge is 0.314 e. The van der Waals surface area contributed by atoms with Crippen LogP contribution in [0.5, 0.6) is 0 Å². The summed E-state index contributed by atoms with van der Waals surface area (Å²) in [4.78, 5) is 9.22. The van der Waals surface area contributed by atoms with Crippen LogP contribution in [-0.2, 0) is 12.8 Å². The van der Waals surface area contributed by atoms with Crippen molar-refractivity contribution in [3.8, 4) is 0 Å². The summed E-state index contributed by atoms with van der Waals surface area (Å²) in [5.74, 6) is 0. The fourth-order valence-electron chi connectivity index (χ4n) is 3.27. The monoisotopic (exact) mass is 279 g/mol. The second-order valence-electron chi connectivity index (χ2n) is 5.69. The Morgan fingerprint density at radius 3 is 2.79 bits per heavy atom. The molecule has 19 heavy (non-hydrogen) atoms. The number of nitrogens with zero attached hydrogens (tertiary/aromatic N) is 2. The van der Waals surface area contributed by atoms with Crippen molar-refractivity contribution in [2.75, 3.05) is 26.2 Å². The number of piperazine rings is 1. The summed E-state index contributed by atoms with van der Waals surface area (Å²) in [5, 5.41) is 4.83. The van der Waals surface area contributed by atoms with E-state index in [1.54, 1.807) is 4.88 Å². The maximum atomic E-state index is 5.01. The molecule has 1 saturated heterocycles. The van der Waals surface area contributed by atoms with Crippen LogP contribution in [-0.4, -0.2) is 36.1 Å². The van der Waals surface area contributed by atoms with E-state index in [9.17, 15) is 0 Å². The van der Waals surface area contributed by atoms with Gasteiger partial charge in [-0.15, -0.1) is 11.3 Å². The van der Waals surface area contributed by atoms with Crippen molar-refractivity contribution < 1.29 is 0 Å². The molecule has 3 nitrogen and oxygen atoms in total. The summed E-state index contributed by atoms with van der Waals surface area (Å²) < 4.78 is 0. The molecule has 106 valence electrons. The first kappa shape index (κ1) is 13.5. The van der Waals surface area contributed by atoms with E-state index in [1.165, 1.54) is 62.3 Å². The van der Waals surface area contributed by atoms with E-state index in [0.29, 0.717) is 6.04 Å². The highest BCUT2D eigenvalue weighted by molar-refractivity contribution is 7.11. The number of aryl methyl sites for hydroxylation is 2. The highest BCUT2D eigenvalue weighted by Crippen LogP contribution is 2.33. The van der Waals surface area contributed by atoms with Crippen LogP contribution in [0.3, 0.4) is 0 Å². The van der Waals surface area contributed by atoms with Crippen LogP contribution in [0.15, 0.2) is 0 Å². The van der Waals surface area contributed by atoms with Crippen LogP contribution in [0.1, 0.15) is 54.2 Å². The minimum absolute atomic E-state index is 0.555. The van der Waals surface area contributed by atoms with Gasteiger partial charge in [-0.2, -0.15) is 0 Å². The molecular weight excluding hydrogens is 254 g/mol. The summed E-state index contributed by atoms with van der Waals surface area (Å²) in [7, 11) is 0. The molecule has 1 aliphatic carbocycles. The van der Waals surface area contributed by atoms with Gasteiger partial charge in [-0.25, -0.2) is 4.98 Å². The van der Waals surface area contributed by atoms with Gasteiger partial charge >= 0.3 is 0 Å². The standard InChI is InChI=1S/C15H25N3S/c1-2-13(18-10-8-16-9-11-18)15-17-12-6-4-3-5-7-14(12)19-15/h13,16H,2-11H2,1H3. The molecule has 0 spiro atoms. The quantitative estimate of drug-likeness (QED) is 0.862. The van der Waals surface area contributed by atoms with E-state index in [0.717, 1.165) is 13.1 Å². The van der Waals surface area contributed by atoms with Gasteiger partial charge in [-0.05, 0) is 32.1 Å². The van der Waals surface area contributed by atoms with E-state index in [1.807, 2.05) is 11.3 Å². The Hall–Kier alpha value is -0.450. The number of thiazole rings is 1. The van der Waals surface area contributed by atoms with Gasteiger partial charge in [-0.3, -0.25) is 4.90 Å². The van der Waals surface area contributed by atoms with Crippen LogP contribution in [0, 0.1) is 0 Å². The molecule has 4 heteroatoms. The Morgan fingerprint density at radius 1 is 1.21 bits per heavy atom. The molecule has 1 aliphatic heterocycles. The minimum atomic E-state index is 0.555. The third-order valence-corrected chi connectivity index (χ3v) is 5.63. The van der Waals surface area contributed by atoms with Crippen LogP contribution in [0.25, 0.3) is 0 Å². The SMILES string of the molecule is CCC(c1nc2c(s1)CCCCC2)N1CCNCC1. The van der Waals surface area contributed by atoms with Crippen LogP contribution >= 0.6 is 11.3 Å². The summed E-state index contributed by atoms with van der Waals surface area (Å²) in [6, 6.07) is 0.555. The Morgan fingerprint density at radius 2 is 2.00 bits per heavy atom. The molecular formula is C15H25N3S. The highest BCUT2D eigenvalue weighted by atomic mass is 32.1. The fraction of sp³-hybridized carbons (Fsp3) is 0.800. The average Bonchev–Trinajstić information content (AvgIpc) is 2.71. The smallest absolute Gasteiger partial charge is 0.110 e. The zero-order valence-electron chi connectivity index (χ0n) is 12.0. The molecule has 0 saturated carbocycles. The lowest BCUT2D eigenvalue weighted by molar-refractivity contribution is 0.169. The third kappa shape index (κ3) is 3.01. The normalized spacial score (nSPS) is 22.8. The van der Waals surface area contributed by atoms with Crippen molar-refractivity contribution in [1.29, 1.82) is 0 Å². The van der Waals surface area contributed by atoms with Crippen molar-refractivity contribution in [2.24, 2.45) is 0 Å². The Bertz CT molecular complexity index is 386. The molecule has 1 unspecified atom stereocenters. The van der Waals surface area contributed by atoms with E-state index in [4.69, 9.17) is 4.98 Å². The van der Waals surface area contributed by atoms with Gasteiger partial charge < -0.3 is 5.32 Å². The molecule has 3 rings (SSSR count). The van der Waals surface area contributed by atoms with Gasteiger partial charge in [0.15, 0.2) is 0 Å². The van der Waals surface area contributed by atoms with Gasteiger partial charge in [0, 0.05) is 31.1 Å². The number of rotatable bonds is 3. The van der Waals surface area contributed by atoms with Crippen molar-refractivity contribution >= 4 is 11.3 Å². The highest BCUT2D eigenvalue weighted by Gasteiger charge is 2.25. The van der Waals surface area contributed by atoms with Gasteiger partial charge in [0.1, 0.15) is 5.01 Å². The van der Waals surface area contributed by atoms with Crippen molar-refractivity contribution in [1.82, 2.24) is 15.2 Å². The molecule has 1 atom stereocenters. The second kappa shape index (κ2) is 6.33. The van der Waals surface area contributed by atoms with Gasteiger partial charge in [0.2, 0.25) is 0 Å². The second-order valence-corrected chi connectivity index (χ2v) is 6.81. The summed E-state index contributed by atoms with van der Waals surface area (Å²) >= 11 is 2.00. The van der Waals surface area contributed by atoms with Crippen LogP contribution < -0.4 is 5.32 Å². The zero-order chi connectivity index (χ0) is 13.1. The van der Waals surface area contributed by atoms with E-state index >= 15 is 0 Å². The number of fused-ring (bicyclic) bond motifs is 1. The predicted octanol–water partition coefficient (Wildman–Crippen LogP) is 2.77. The van der Waals surface area contributed by atoms with Crippen molar-refractivity contribution in [3.63, 3.8) is 0 Å². The third-order valence-electron chi connectivity index (χ3n) is 4.38. The van der Waals surface area contributed by atoms with Crippen molar-refractivity contribution in [2.45, 2.75) is 51.5 Å². The number of nitrogens with one attached hydrogen (secondary N) is 1. The van der Waals surface area contributed by atoms with E-state index in [-0.39, 0.29) is 0 Å². The predicted molar refractivity (Wildman–Crippen MR) is 80.8 cm³/mol. The maximum absolute atomic E-state index is 5.01. The summed E-state index contributed by atoms with van der Waals surface area (Å²) in [6.07, 6.45) is 7.74. The maximum Gasteiger partial charge on any atom is 0.110 e. The first-order chi connectivity index (χ1) is 9.38. The van der Waals surface area contributed by atoms with E-state index < -0.39 is 0 Å². The molecule has 0 bridgehead atoms. The lowest BCUT2D eigenvalue weighted by Crippen LogP contribution is -2.45. The molecule has 1 fully saturated rings. The minimum Gasteiger partial charge on any atom is -0.314 e. The summed E-state index contributed by atoms with van der Waals surface area (Å²) in [5.41, 5.74) is 1.42.